The molecule has 8 nitrogen and oxygen atoms in total. The van der Waals surface area contributed by atoms with Crippen molar-refractivity contribution in [3.8, 4) is 5.75 Å². The van der Waals surface area contributed by atoms with Crippen LogP contribution in [0.25, 0.3) is 0 Å². The van der Waals surface area contributed by atoms with Gasteiger partial charge < -0.3 is 20.5 Å². The minimum absolute atomic E-state index is 0.0216. The van der Waals surface area contributed by atoms with Gasteiger partial charge in [0.05, 0.1) is 29.5 Å². The largest absolute Gasteiger partial charge is 0.486 e. The molecule has 2 aliphatic carbocycles. The number of primary amides is 1. The number of ether oxygens (including phenoxy) is 1. The molecule has 2 saturated heterocycles. The summed E-state index contributed by atoms with van der Waals surface area (Å²) >= 11 is 0. The van der Waals surface area contributed by atoms with Crippen LogP contribution in [0.3, 0.4) is 0 Å². The number of hydrogen-bond donors (Lipinski definition) is 2. The standard InChI is InChI=1S/C28H32N4O4/c29-26(34)20-7-6-18-13-21-28(35)9-12-32(23(33)14-19-3-1-2-10-30-19)16-22-27(28,24(18)25(20)36-22)8-11-31(21)15-17-4-5-17/h1-3,6-7,10,17,21-22,35H,4-5,8-9,11-16H2,(H2,29,34)/t21-,22+,27-,28-/m1/s1. The van der Waals surface area contributed by atoms with Crippen molar-refractivity contribution in [1.29, 1.82) is 0 Å². The van der Waals surface area contributed by atoms with Crippen LogP contribution in [0.15, 0.2) is 36.5 Å². The normalized spacial score (nSPS) is 32.4. The SMILES string of the molecule is NC(=O)c1ccc2c3c1O[C@H]1CN(C(=O)Cc4ccccn4)CC[C@@]4(O)[C@@H](C2)N(CC2CC2)CC[C@]314. The predicted molar refractivity (Wildman–Crippen MR) is 132 cm³/mol. The van der Waals surface area contributed by atoms with Gasteiger partial charge in [0.1, 0.15) is 11.9 Å². The molecule has 3 fully saturated rings. The first-order valence-electron chi connectivity index (χ1n) is 13.2. The summed E-state index contributed by atoms with van der Waals surface area (Å²) in [6.07, 6.45) is 5.92. The molecule has 0 radical (unpaired) electrons. The van der Waals surface area contributed by atoms with Crippen LogP contribution in [0.2, 0.25) is 0 Å². The van der Waals surface area contributed by atoms with E-state index < -0.39 is 23.0 Å². The van der Waals surface area contributed by atoms with Gasteiger partial charge in [0.2, 0.25) is 5.91 Å². The molecule has 36 heavy (non-hydrogen) atoms. The maximum atomic E-state index is 13.4. The lowest BCUT2D eigenvalue weighted by Crippen LogP contribution is -2.74. The van der Waals surface area contributed by atoms with Gasteiger partial charge in [-0.1, -0.05) is 12.1 Å². The van der Waals surface area contributed by atoms with Crippen LogP contribution >= 0.6 is 0 Å². The number of rotatable bonds is 5. The zero-order valence-electron chi connectivity index (χ0n) is 20.4. The molecule has 4 heterocycles. The summed E-state index contributed by atoms with van der Waals surface area (Å²) in [5.74, 6) is 0.693. The van der Waals surface area contributed by atoms with Crippen LogP contribution in [0.1, 0.15) is 52.9 Å². The number of pyridine rings is 1. The lowest BCUT2D eigenvalue weighted by Gasteiger charge is -2.60. The van der Waals surface area contributed by atoms with Gasteiger partial charge in [-0.25, -0.2) is 0 Å². The molecule has 188 valence electrons. The Morgan fingerprint density at radius 2 is 2.03 bits per heavy atom. The van der Waals surface area contributed by atoms with Crippen molar-refractivity contribution in [2.24, 2.45) is 11.7 Å². The maximum absolute atomic E-state index is 13.4. The molecule has 3 N–H and O–H groups in total. The lowest BCUT2D eigenvalue weighted by molar-refractivity contribution is -0.162. The number of piperidine rings is 1. The summed E-state index contributed by atoms with van der Waals surface area (Å²) in [6.45, 7) is 2.73. The Balaban J connectivity index is 1.31. The van der Waals surface area contributed by atoms with Crippen molar-refractivity contribution in [2.45, 2.75) is 61.7 Å². The Bertz CT molecular complexity index is 1250. The highest BCUT2D eigenvalue weighted by Gasteiger charge is 2.71. The van der Waals surface area contributed by atoms with E-state index in [1.165, 1.54) is 12.8 Å². The second-order valence-electron chi connectivity index (χ2n) is 11.3. The summed E-state index contributed by atoms with van der Waals surface area (Å²) in [6, 6.07) is 9.32. The van der Waals surface area contributed by atoms with Gasteiger partial charge in [-0.2, -0.15) is 0 Å². The molecule has 4 atom stereocenters. The molecule has 1 saturated carbocycles. The first-order chi connectivity index (χ1) is 17.4. The summed E-state index contributed by atoms with van der Waals surface area (Å²) in [5, 5.41) is 12.7. The summed E-state index contributed by atoms with van der Waals surface area (Å²) in [5.41, 5.74) is 7.23. The number of amides is 2. The molecule has 0 unspecified atom stereocenters. The number of aromatic nitrogens is 1. The second kappa shape index (κ2) is 7.76. The fourth-order valence-electron chi connectivity index (χ4n) is 7.61. The van der Waals surface area contributed by atoms with E-state index in [1.807, 2.05) is 29.2 Å². The number of nitrogens with two attached hydrogens (primary N) is 1. The van der Waals surface area contributed by atoms with Gasteiger partial charge in [-0.15, -0.1) is 0 Å². The zero-order valence-corrected chi connectivity index (χ0v) is 20.4. The van der Waals surface area contributed by atoms with Gasteiger partial charge in [0.25, 0.3) is 5.91 Å². The molecule has 1 aromatic carbocycles. The van der Waals surface area contributed by atoms with E-state index in [9.17, 15) is 14.7 Å². The Morgan fingerprint density at radius 3 is 2.78 bits per heavy atom. The summed E-state index contributed by atoms with van der Waals surface area (Å²) in [7, 11) is 0. The van der Waals surface area contributed by atoms with Crippen LogP contribution in [0.4, 0.5) is 0 Å². The zero-order chi connectivity index (χ0) is 24.7. The number of carbonyl (C=O) groups excluding carboxylic acids is 2. The van der Waals surface area contributed by atoms with Crippen molar-refractivity contribution in [3.05, 3.63) is 58.9 Å². The minimum Gasteiger partial charge on any atom is -0.486 e. The highest BCUT2D eigenvalue weighted by Crippen LogP contribution is 2.62. The van der Waals surface area contributed by atoms with E-state index in [2.05, 4.69) is 9.88 Å². The first kappa shape index (κ1) is 22.2. The van der Waals surface area contributed by atoms with Gasteiger partial charge >= 0.3 is 0 Å². The molecular formula is C28H32N4O4. The van der Waals surface area contributed by atoms with Gasteiger partial charge in [-0.05, 0) is 68.3 Å². The number of hydrogen-bond acceptors (Lipinski definition) is 6. The lowest BCUT2D eigenvalue weighted by atomic mass is 9.52. The molecule has 2 aromatic rings. The van der Waals surface area contributed by atoms with Gasteiger partial charge in [-0.3, -0.25) is 19.5 Å². The van der Waals surface area contributed by atoms with E-state index in [0.29, 0.717) is 37.2 Å². The Labute approximate surface area is 210 Å². The fourth-order valence-corrected chi connectivity index (χ4v) is 7.61. The molecule has 1 aromatic heterocycles. The average Bonchev–Trinajstić information content (AvgIpc) is 3.63. The number of carbonyl (C=O) groups is 2. The van der Waals surface area contributed by atoms with Crippen LogP contribution < -0.4 is 10.5 Å². The van der Waals surface area contributed by atoms with Crippen molar-refractivity contribution in [3.63, 3.8) is 0 Å². The second-order valence-corrected chi connectivity index (χ2v) is 11.3. The molecular weight excluding hydrogens is 456 g/mol. The van der Waals surface area contributed by atoms with Gasteiger partial charge in [0, 0.05) is 36.6 Å². The number of benzene rings is 1. The molecule has 3 aliphatic heterocycles. The smallest absolute Gasteiger partial charge is 0.252 e. The molecule has 2 bridgehead atoms. The Kier molecular flexibility index (Phi) is 4.80. The highest BCUT2D eigenvalue weighted by atomic mass is 16.5. The van der Waals surface area contributed by atoms with Crippen LogP contribution in [0.5, 0.6) is 5.75 Å². The molecule has 7 rings (SSSR count). The third-order valence-electron chi connectivity index (χ3n) is 9.49. The number of nitrogens with zero attached hydrogens (tertiary/aromatic N) is 3. The van der Waals surface area contributed by atoms with Crippen LogP contribution in [-0.4, -0.2) is 75.6 Å². The maximum Gasteiger partial charge on any atom is 0.252 e. The van der Waals surface area contributed by atoms with Gasteiger partial charge in [0.15, 0.2) is 0 Å². The predicted octanol–water partition coefficient (Wildman–Crippen LogP) is 1.43. The van der Waals surface area contributed by atoms with Crippen molar-refractivity contribution in [2.75, 3.05) is 26.2 Å². The quantitative estimate of drug-likeness (QED) is 0.659. The number of likely N-dealkylation sites (tertiary alicyclic amines) is 2. The van der Waals surface area contributed by atoms with Crippen LogP contribution in [0, 0.1) is 5.92 Å². The van der Waals surface area contributed by atoms with Crippen molar-refractivity contribution >= 4 is 11.8 Å². The highest BCUT2D eigenvalue weighted by molar-refractivity contribution is 5.97. The van der Waals surface area contributed by atoms with Crippen LogP contribution in [-0.2, 0) is 23.1 Å². The van der Waals surface area contributed by atoms with E-state index in [1.54, 1.807) is 12.3 Å². The average molecular weight is 489 g/mol. The number of aliphatic hydroxyl groups is 1. The van der Waals surface area contributed by atoms with E-state index in [4.69, 9.17) is 10.5 Å². The van der Waals surface area contributed by atoms with Crippen molar-refractivity contribution in [1.82, 2.24) is 14.8 Å². The summed E-state index contributed by atoms with van der Waals surface area (Å²) in [4.78, 5) is 34.5. The molecule has 2 amide bonds. The Morgan fingerprint density at radius 1 is 1.17 bits per heavy atom. The summed E-state index contributed by atoms with van der Waals surface area (Å²) < 4.78 is 6.59. The Hall–Kier alpha value is -2.97. The third kappa shape index (κ3) is 3.03. The van der Waals surface area contributed by atoms with E-state index in [0.717, 1.165) is 42.2 Å². The van der Waals surface area contributed by atoms with E-state index >= 15 is 0 Å². The van der Waals surface area contributed by atoms with Crippen molar-refractivity contribution < 1.29 is 19.4 Å². The monoisotopic (exact) mass is 488 g/mol. The molecule has 1 spiro atoms. The van der Waals surface area contributed by atoms with E-state index in [-0.39, 0.29) is 18.4 Å². The topological polar surface area (TPSA) is 109 Å². The first-order valence-corrected chi connectivity index (χ1v) is 13.2. The fraction of sp³-hybridized carbons (Fsp3) is 0.536. The molecule has 8 heteroatoms. The minimum atomic E-state index is -1.06. The molecule has 5 aliphatic rings. The third-order valence-corrected chi connectivity index (χ3v) is 9.49.